The molecule has 80 valence electrons. The molecule has 0 unspecified atom stereocenters. The molecular weight excluding hydrogens is 192 g/mol. The van der Waals surface area contributed by atoms with Crippen LogP contribution < -0.4 is 0 Å². The van der Waals surface area contributed by atoms with Crippen LogP contribution in [-0.2, 0) is 14.9 Å². The van der Waals surface area contributed by atoms with Gasteiger partial charge < -0.3 is 9.84 Å². The van der Waals surface area contributed by atoms with Gasteiger partial charge in [0.05, 0.1) is 5.41 Å². The van der Waals surface area contributed by atoms with Crippen LogP contribution in [0.15, 0.2) is 30.3 Å². The summed E-state index contributed by atoms with van der Waals surface area (Å²) < 4.78 is 5.23. The van der Waals surface area contributed by atoms with E-state index in [2.05, 4.69) is 0 Å². The van der Waals surface area contributed by atoms with Gasteiger partial charge in [-0.05, 0) is 18.4 Å². The van der Waals surface area contributed by atoms with Gasteiger partial charge in [-0.25, -0.2) is 0 Å². The number of benzene rings is 1. The summed E-state index contributed by atoms with van der Waals surface area (Å²) in [5.74, 6) is -0.739. The first-order valence-electron chi connectivity index (χ1n) is 5.12. The van der Waals surface area contributed by atoms with E-state index in [1.807, 2.05) is 30.3 Å². The molecule has 0 radical (unpaired) electrons. The lowest BCUT2D eigenvalue weighted by Crippen LogP contribution is -2.41. The molecule has 0 aromatic heterocycles. The van der Waals surface area contributed by atoms with Crippen molar-refractivity contribution in [2.75, 3.05) is 13.2 Å². The molecule has 15 heavy (non-hydrogen) atoms. The lowest BCUT2D eigenvalue weighted by molar-refractivity contribution is -0.147. The SMILES string of the molecule is O=C(O)C1(c2ccccc2)CCOCC1. The Bertz CT molecular complexity index is 339. The normalized spacial score (nSPS) is 19.7. The standard InChI is InChI=1S/C12H14O3/c13-11(14)12(6-8-15-9-7-12)10-4-2-1-3-5-10/h1-5H,6-9H2,(H,13,14). The molecule has 1 aliphatic rings. The summed E-state index contributed by atoms with van der Waals surface area (Å²) in [5.41, 5.74) is 0.153. The molecule has 1 aromatic carbocycles. The van der Waals surface area contributed by atoms with Crippen LogP contribution in [0.5, 0.6) is 0 Å². The van der Waals surface area contributed by atoms with Crippen molar-refractivity contribution in [2.45, 2.75) is 18.3 Å². The zero-order valence-corrected chi connectivity index (χ0v) is 8.48. The Hall–Kier alpha value is -1.35. The van der Waals surface area contributed by atoms with Crippen molar-refractivity contribution < 1.29 is 14.6 Å². The first kappa shape index (κ1) is 10.2. The summed E-state index contributed by atoms with van der Waals surface area (Å²) in [6.07, 6.45) is 1.12. The van der Waals surface area contributed by atoms with Crippen LogP contribution in [0.25, 0.3) is 0 Å². The van der Waals surface area contributed by atoms with Crippen LogP contribution in [0.4, 0.5) is 0 Å². The quantitative estimate of drug-likeness (QED) is 0.802. The maximum Gasteiger partial charge on any atom is 0.314 e. The van der Waals surface area contributed by atoms with Crippen LogP contribution in [-0.4, -0.2) is 24.3 Å². The third-order valence-corrected chi connectivity index (χ3v) is 3.08. The number of ether oxygens (including phenoxy) is 1. The van der Waals surface area contributed by atoms with E-state index in [0.29, 0.717) is 26.1 Å². The molecule has 0 amide bonds. The average molecular weight is 206 g/mol. The van der Waals surface area contributed by atoms with E-state index in [0.717, 1.165) is 5.56 Å². The Morgan fingerprint density at radius 2 is 1.80 bits per heavy atom. The third-order valence-electron chi connectivity index (χ3n) is 3.08. The number of carboxylic acid groups (broad SMARTS) is 1. The van der Waals surface area contributed by atoms with Gasteiger partial charge in [0.25, 0.3) is 0 Å². The molecule has 0 aliphatic carbocycles. The molecule has 1 saturated heterocycles. The zero-order valence-electron chi connectivity index (χ0n) is 8.48. The minimum Gasteiger partial charge on any atom is -0.481 e. The highest BCUT2D eigenvalue weighted by Gasteiger charge is 2.41. The smallest absolute Gasteiger partial charge is 0.314 e. The van der Waals surface area contributed by atoms with Gasteiger partial charge in [-0.2, -0.15) is 0 Å². The zero-order chi connectivity index (χ0) is 10.7. The van der Waals surface area contributed by atoms with Gasteiger partial charge in [0.1, 0.15) is 0 Å². The first-order valence-corrected chi connectivity index (χ1v) is 5.12. The molecule has 0 spiro atoms. The highest BCUT2D eigenvalue weighted by Crippen LogP contribution is 2.34. The molecule has 0 bridgehead atoms. The number of hydrogen-bond donors (Lipinski definition) is 1. The van der Waals surface area contributed by atoms with Crippen molar-refractivity contribution in [2.24, 2.45) is 0 Å². The van der Waals surface area contributed by atoms with Crippen molar-refractivity contribution in [3.63, 3.8) is 0 Å². The first-order chi connectivity index (χ1) is 7.26. The van der Waals surface area contributed by atoms with Gasteiger partial charge in [-0.15, -0.1) is 0 Å². The summed E-state index contributed by atoms with van der Waals surface area (Å²) in [5, 5.41) is 9.39. The Labute approximate surface area is 88.7 Å². The minimum atomic E-state index is -0.739. The molecular formula is C12H14O3. The summed E-state index contributed by atoms with van der Waals surface area (Å²) in [6, 6.07) is 9.45. The highest BCUT2D eigenvalue weighted by atomic mass is 16.5. The predicted molar refractivity (Wildman–Crippen MR) is 55.8 cm³/mol. The Balaban J connectivity index is 2.38. The van der Waals surface area contributed by atoms with Gasteiger partial charge >= 0.3 is 5.97 Å². The lowest BCUT2D eigenvalue weighted by Gasteiger charge is -2.33. The molecule has 0 saturated carbocycles. The van der Waals surface area contributed by atoms with Crippen LogP contribution in [0.2, 0.25) is 0 Å². The van der Waals surface area contributed by atoms with Crippen LogP contribution >= 0.6 is 0 Å². The van der Waals surface area contributed by atoms with E-state index in [4.69, 9.17) is 4.74 Å². The van der Waals surface area contributed by atoms with Gasteiger partial charge in [0, 0.05) is 13.2 Å². The lowest BCUT2D eigenvalue weighted by atomic mass is 9.74. The van der Waals surface area contributed by atoms with Crippen LogP contribution in [0.3, 0.4) is 0 Å². The Kier molecular flexibility index (Phi) is 2.73. The number of carboxylic acids is 1. The molecule has 1 N–H and O–H groups in total. The van der Waals surface area contributed by atoms with Gasteiger partial charge in [0.15, 0.2) is 0 Å². The Morgan fingerprint density at radius 3 is 2.33 bits per heavy atom. The van der Waals surface area contributed by atoms with Crippen molar-refractivity contribution in [3.8, 4) is 0 Å². The average Bonchev–Trinajstić information content (AvgIpc) is 2.31. The summed E-state index contributed by atoms with van der Waals surface area (Å²) in [6.45, 7) is 1.06. The van der Waals surface area contributed by atoms with Crippen molar-refractivity contribution in [1.29, 1.82) is 0 Å². The van der Waals surface area contributed by atoms with Crippen LogP contribution in [0.1, 0.15) is 18.4 Å². The topological polar surface area (TPSA) is 46.5 Å². The van der Waals surface area contributed by atoms with E-state index in [9.17, 15) is 9.90 Å². The summed E-state index contributed by atoms with van der Waals surface area (Å²) in [7, 11) is 0. The van der Waals surface area contributed by atoms with E-state index in [1.54, 1.807) is 0 Å². The van der Waals surface area contributed by atoms with Crippen LogP contribution in [0, 0.1) is 0 Å². The van der Waals surface area contributed by atoms with Crippen molar-refractivity contribution >= 4 is 5.97 Å². The van der Waals surface area contributed by atoms with Crippen molar-refractivity contribution in [3.05, 3.63) is 35.9 Å². The second kappa shape index (κ2) is 4.03. The minimum absolute atomic E-state index is 0.529. The molecule has 1 aromatic rings. The maximum atomic E-state index is 11.4. The number of rotatable bonds is 2. The largest absolute Gasteiger partial charge is 0.481 e. The Morgan fingerprint density at radius 1 is 1.20 bits per heavy atom. The predicted octanol–water partition coefficient (Wildman–Crippen LogP) is 1.82. The second-order valence-corrected chi connectivity index (χ2v) is 3.87. The summed E-state index contributed by atoms with van der Waals surface area (Å²) >= 11 is 0. The van der Waals surface area contributed by atoms with E-state index in [1.165, 1.54) is 0 Å². The fourth-order valence-electron chi connectivity index (χ4n) is 2.10. The monoisotopic (exact) mass is 206 g/mol. The highest BCUT2D eigenvalue weighted by molar-refractivity contribution is 5.81. The number of carbonyl (C=O) groups is 1. The van der Waals surface area contributed by atoms with Gasteiger partial charge in [0.2, 0.25) is 0 Å². The molecule has 0 atom stereocenters. The number of hydrogen-bond acceptors (Lipinski definition) is 2. The fourth-order valence-corrected chi connectivity index (χ4v) is 2.10. The molecule has 2 rings (SSSR count). The molecule has 1 heterocycles. The van der Waals surface area contributed by atoms with Gasteiger partial charge in [-0.3, -0.25) is 4.79 Å². The molecule has 3 nitrogen and oxygen atoms in total. The number of aliphatic carboxylic acids is 1. The summed E-state index contributed by atoms with van der Waals surface area (Å²) in [4.78, 5) is 11.4. The third kappa shape index (κ3) is 1.75. The second-order valence-electron chi connectivity index (χ2n) is 3.87. The van der Waals surface area contributed by atoms with E-state index < -0.39 is 11.4 Å². The van der Waals surface area contributed by atoms with E-state index >= 15 is 0 Å². The molecule has 3 heteroatoms. The molecule has 1 aliphatic heterocycles. The molecule has 1 fully saturated rings. The fraction of sp³-hybridized carbons (Fsp3) is 0.417. The van der Waals surface area contributed by atoms with Crippen molar-refractivity contribution in [1.82, 2.24) is 0 Å². The van der Waals surface area contributed by atoms with E-state index in [-0.39, 0.29) is 0 Å². The maximum absolute atomic E-state index is 11.4. The van der Waals surface area contributed by atoms with Gasteiger partial charge in [-0.1, -0.05) is 30.3 Å².